The first-order valence-corrected chi connectivity index (χ1v) is 6.43. The van der Waals surface area contributed by atoms with E-state index in [1.165, 1.54) is 11.3 Å². The van der Waals surface area contributed by atoms with Crippen molar-refractivity contribution in [1.82, 2.24) is 5.32 Å². The SMILES string of the molecule is O=C(Nc1ccc2c(c1)C(=O)NC2)c1ccsc1. The normalized spacial score (nSPS) is 13.0. The Hall–Kier alpha value is -2.14. The minimum atomic E-state index is -0.158. The van der Waals surface area contributed by atoms with Crippen LogP contribution in [0.2, 0.25) is 0 Å². The molecule has 90 valence electrons. The number of benzene rings is 1. The summed E-state index contributed by atoms with van der Waals surface area (Å²) in [7, 11) is 0. The van der Waals surface area contributed by atoms with E-state index in [2.05, 4.69) is 10.6 Å². The Balaban J connectivity index is 1.84. The number of carbonyl (C=O) groups is 2. The number of amides is 2. The minimum absolute atomic E-state index is 0.0865. The number of thiophene rings is 1. The Morgan fingerprint density at radius 2 is 2.22 bits per heavy atom. The molecule has 2 heterocycles. The van der Waals surface area contributed by atoms with Gasteiger partial charge >= 0.3 is 0 Å². The predicted octanol–water partition coefficient (Wildman–Crippen LogP) is 2.24. The first-order valence-electron chi connectivity index (χ1n) is 5.49. The molecule has 1 aliphatic heterocycles. The molecule has 0 saturated heterocycles. The first kappa shape index (κ1) is 11.0. The highest BCUT2D eigenvalue weighted by Crippen LogP contribution is 2.20. The van der Waals surface area contributed by atoms with Gasteiger partial charge in [-0.05, 0) is 29.1 Å². The summed E-state index contributed by atoms with van der Waals surface area (Å²) in [4.78, 5) is 23.4. The van der Waals surface area contributed by atoms with Crippen molar-refractivity contribution in [3.05, 3.63) is 51.7 Å². The molecule has 3 rings (SSSR count). The van der Waals surface area contributed by atoms with Crippen molar-refractivity contribution in [2.75, 3.05) is 5.32 Å². The van der Waals surface area contributed by atoms with Crippen molar-refractivity contribution in [2.45, 2.75) is 6.54 Å². The highest BCUT2D eigenvalue weighted by atomic mass is 32.1. The maximum Gasteiger partial charge on any atom is 0.256 e. The molecule has 2 amide bonds. The maximum absolute atomic E-state index is 11.9. The number of nitrogens with one attached hydrogen (secondary N) is 2. The zero-order valence-electron chi connectivity index (χ0n) is 9.40. The van der Waals surface area contributed by atoms with Crippen molar-refractivity contribution in [3.63, 3.8) is 0 Å². The van der Waals surface area contributed by atoms with Gasteiger partial charge in [-0.15, -0.1) is 0 Å². The van der Waals surface area contributed by atoms with E-state index in [4.69, 9.17) is 0 Å². The second kappa shape index (κ2) is 4.27. The third-order valence-electron chi connectivity index (χ3n) is 2.84. The molecule has 1 aromatic carbocycles. The molecule has 0 spiro atoms. The van der Waals surface area contributed by atoms with Crippen LogP contribution in [0.5, 0.6) is 0 Å². The Labute approximate surface area is 108 Å². The van der Waals surface area contributed by atoms with Gasteiger partial charge in [-0.3, -0.25) is 9.59 Å². The molecule has 0 unspecified atom stereocenters. The Morgan fingerprint density at radius 3 is 3.00 bits per heavy atom. The molecule has 0 fully saturated rings. The summed E-state index contributed by atoms with van der Waals surface area (Å²) in [6.07, 6.45) is 0. The van der Waals surface area contributed by atoms with E-state index in [0.717, 1.165) is 5.56 Å². The molecule has 5 heteroatoms. The Kier molecular flexibility index (Phi) is 2.60. The number of anilines is 1. The monoisotopic (exact) mass is 258 g/mol. The average molecular weight is 258 g/mol. The van der Waals surface area contributed by atoms with Gasteiger partial charge in [0.25, 0.3) is 11.8 Å². The minimum Gasteiger partial charge on any atom is -0.348 e. The summed E-state index contributed by atoms with van der Waals surface area (Å²) in [6, 6.07) is 7.14. The van der Waals surface area contributed by atoms with Gasteiger partial charge in [0.2, 0.25) is 0 Å². The molecular formula is C13H10N2O2S. The fourth-order valence-corrected chi connectivity index (χ4v) is 2.52. The fourth-order valence-electron chi connectivity index (χ4n) is 1.89. The first-order chi connectivity index (χ1) is 8.74. The van der Waals surface area contributed by atoms with E-state index in [0.29, 0.717) is 23.4 Å². The molecule has 1 aliphatic rings. The summed E-state index contributed by atoms with van der Waals surface area (Å²) < 4.78 is 0. The van der Waals surface area contributed by atoms with Crippen LogP contribution in [-0.2, 0) is 6.54 Å². The van der Waals surface area contributed by atoms with E-state index in [-0.39, 0.29) is 11.8 Å². The van der Waals surface area contributed by atoms with E-state index >= 15 is 0 Å². The number of hydrogen-bond acceptors (Lipinski definition) is 3. The van der Waals surface area contributed by atoms with Crippen molar-refractivity contribution in [3.8, 4) is 0 Å². The molecular weight excluding hydrogens is 248 g/mol. The van der Waals surface area contributed by atoms with E-state index in [9.17, 15) is 9.59 Å². The van der Waals surface area contributed by atoms with Crippen LogP contribution in [-0.4, -0.2) is 11.8 Å². The summed E-state index contributed by atoms with van der Waals surface area (Å²) in [5.41, 5.74) is 2.87. The van der Waals surface area contributed by atoms with Crippen molar-refractivity contribution < 1.29 is 9.59 Å². The van der Waals surface area contributed by atoms with Crippen LogP contribution in [0, 0.1) is 0 Å². The molecule has 2 aromatic rings. The van der Waals surface area contributed by atoms with Crippen molar-refractivity contribution >= 4 is 28.8 Å². The van der Waals surface area contributed by atoms with Crippen LogP contribution in [0.1, 0.15) is 26.3 Å². The van der Waals surface area contributed by atoms with Crippen LogP contribution >= 0.6 is 11.3 Å². The molecule has 2 N–H and O–H groups in total. The van der Waals surface area contributed by atoms with E-state index in [1.807, 2.05) is 17.5 Å². The highest BCUT2D eigenvalue weighted by Gasteiger charge is 2.19. The predicted molar refractivity (Wildman–Crippen MR) is 69.9 cm³/mol. The second-order valence-electron chi connectivity index (χ2n) is 4.02. The number of hydrogen-bond donors (Lipinski definition) is 2. The lowest BCUT2D eigenvalue weighted by Gasteiger charge is -2.05. The smallest absolute Gasteiger partial charge is 0.256 e. The van der Waals surface area contributed by atoms with E-state index < -0.39 is 0 Å². The number of rotatable bonds is 2. The summed E-state index contributed by atoms with van der Waals surface area (Å²) in [5.74, 6) is -0.244. The third kappa shape index (κ3) is 1.89. The van der Waals surface area contributed by atoms with Crippen molar-refractivity contribution in [2.24, 2.45) is 0 Å². The standard InChI is InChI=1S/C13H10N2O2S/c16-12(9-3-4-18-7-9)15-10-2-1-8-6-14-13(17)11(8)5-10/h1-5,7H,6H2,(H,14,17)(H,15,16). The fraction of sp³-hybridized carbons (Fsp3) is 0.0769. The van der Waals surface area contributed by atoms with Gasteiger partial charge < -0.3 is 10.6 Å². The highest BCUT2D eigenvalue weighted by molar-refractivity contribution is 7.08. The van der Waals surface area contributed by atoms with Gasteiger partial charge in [0, 0.05) is 23.2 Å². The quantitative estimate of drug-likeness (QED) is 0.868. The van der Waals surface area contributed by atoms with E-state index in [1.54, 1.807) is 17.5 Å². The van der Waals surface area contributed by atoms with Gasteiger partial charge in [-0.2, -0.15) is 11.3 Å². The zero-order valence-corrected chi connectivity index (χ0v) is 10.2. The molecule has 18 heavy (non-hydrogen) atoms. The van der Waals surface area contributed by atoms with Crippen LogP contribution in [0.15, 0.2) is 35.0 Å². The molecule has 0 bridgehead atoms. The van der Waals surface area contributed by atoms with Gasteiger partial charge in [0.1, 0.15) is 0 Å². The van der Waals surface area contributed by atoms with Gasteiger partial charge in [-0.1, -0.05) is 6.07 Å². The molecule has 0 aliphatic carbocycles. The second-order valence-corrected chi connectivity index (χ2v) is 4.80. The molecule has 0 atom stereocenters. The van der Waals surface area contributed by atoms with Crippen LogP contribution < -0.4 is 10.6 Å². The average Bonchev–Trinajstić information content (AvgIpc) is 3.00. The van der Waals surface area contributed by atoms with Crippen LogP contribution in [0.25, 0.3) is 0 Å². The Bertz CT molecular complexity index is 620. The molecule has 4 nitrogen and oxygen atoms in total. The summed E-state index contributed by atoms with van der Waals surface area (Å²) in [5, 5.41) is 9.16. The van der Waals surface area contributed by atoms with Gasteiger partial charge in [-0.25, -0.2) is 0 Å². The summed E-state index contributed by atoms with van der Waals surface area (Å²) >= 11 is 1.47. The molecule has 0 saturated carbocycles. The lowest BCUT2D eigenvalue weighted by Crippen LogP contribution is -2.13. The zero-order chi connectivity index (χ0) is 12.5. The topological polar surface area (TPSA) is 58.2 Å². The summed E-state index contributed by atoms with van der Waals surface area (Å²) in [6.45, 7) is 0.562. The lowest BCUT2D eigenvalue weighted by atomic mass is 10.1. The number of carbonyl (C=O) groups excluding carboxylic acids is 2. The maximum atomic E-state index is 11.9. The van der Waals surface area contributed by atoms with Gasteiger partial charge in [0.15, 0.2) is 0 Å². The van der Waals surface area contributed by atoms with Crippen LogP contribution in [0.4, 0.5) is 5.69 Å². The van der Waals surface area contributed by atoms with Crippen LogP contribution in [0.3, 0.4) is 0 Å². The Morgan fingerprint density at radius 1 is 1.33 bits per heavy atom. The lowest BCUT2D eigenvalue weighted by molar-refractivity contribution is 0.0964. The molecule has 0 radical (unpaired) electrons. The van der Waals surface area contributed by atoms with Gasteiger partial charge in [0.05, 0.1) is 5.56 Å². The third-order valence-corrected chi connectivity index (χ3v) is 3.52. The number of fused-ring (bicyclic) bond motifs is 1. The van der Waals surface area contributed by atoms with Crippen molar-refractivity contribution in [1.29, 1.82) is 0 Å². The molecule has 1 aromatic heterocycles. The largest absolute Gasteiger partial charge is 0.348 e.